The van der Waals surface area contributed by atoms with Crippen LogP contribution in [0.4, 0.5) is 18.9 Å². The third kappa shape index (κ3) is 5.36. The number of nitrogens with zero attached hydrogens (tertiary/aromatic N) is 4. The number of aliphatic hydroxyl groups excluding tert-OH is 1. The largest absolute Gasteiger partial charge is 0.433 e. The normalized spacial score (nSPS) is 16.0. The fraction of sp³-hybridized carbons (Fsp3) is 0.391. The number of benzene rings is 1. The number of piperidine rings is 1. The Hall–Kier alpha value is -3.47. The number of aromatic nitrogens is 3. The van der Waals surface area contributed by atoms with Crippen LogP contribution in [0.15, 0.2) is 42.6 Å². The predicted molar refractivity (Wildman–Crippen MR) is 118 cm³/mol. The van der Waals surface area contributed by atoms with Crippen molar-refractivity contribution in [2.45, 2.75) is 38.6 Å². The van der Waals surface area contributed by atoms with Crippen molar-refractivity contribution >= 4 is 28.4 Å². The standard InChI is InChI=1S/C23H24F3N5O3/c1-14(32)15-7-9-30(10-8-15)21(33)13-31-12-16-11-17(5-6-18(16)29-31)27-22(34)19-3-2-4-20(28-19)23(24,25)26/h2-6,11-12,14-15,32H,7-10,13H2,1H3,(H,27,34)/t14-/m1/s1. The lowest BCUT2D eigenvalue weighted by Crippen LogP contribution is -2.42. The number of fused-ring (bicyclic) bond motifs is 1. The van der Waals surface area contributed by atoms with E-state index >= 15 is 0 Å². The summed E-state index contributed by atoms with van der Waals surface area (Å²) < 4.78 is 40.1. The molecule has 1 aliphatic heterocycles. The molecule has 2 N–H and O–H groups in total. The minimum absolute atomic E-state index is 0.0594. The van der Waals surface area contributed by atoms with E-state index in [0.29, 0.717) is 29.7 Å². The zero-order chi connectivity index (χ0) is 24.5. The first kappa shape index (κ1) is 23.7. The molecule has 0 bridgehead atoms. The van der Waals surface area contributed by atoms with E-state index in [1.54, 1.807) is 36.2 Å². The third-order valence-electron chi connectivity index (χ3n) is 5.95. The van der Waals surface area contributed by atoms with Gasteiger partial charge in [-0.25, -0.2) is 4.98 Å². The van der Waals surface area contributed by atoms with E-state index in [2.05, 4.69) is 15.4 Å². The highest BCUT2D eigenvalue weighted by molar-refractivity contribution is 6.03. The van der Waals surface area contributed by atoms with Gasteiger partial charge >= 0.3 is 6.18 Å². The third-order valence-corrected chi connectivity index (χ3v) is 5.95. The minimum atomic E-state index is -4.64. The molecule has 1 saturated heterocycles. The summed E-state index contributed by atoms with van der Waals surface area (Å²) in [6.07, 6.45) is -1.84. The maximum Gasteiger partial charge on any atom is 0.433 e. The molecular weight excluding hydrogens is 451 g/mol. The zero-order valence-corrected chi connectivity index (χ0v) is 18.4. The van der Waals surface area contributed by atoms with Gasteiger partial charge in [0.15, 0.2) is 0 Å². The Kier molecular flexibility index (Phi) is 6.56. The average Bonchev–Trinajstić information content (AvgIpc) is 3.20. The SMILES string of the molecule is C[C@@H](O)C1CCN(C(=O)Cn2cc3cc(NC(=O)c4cccc(C(F)(F)F)n4)ccc3n2)CC1. The molecule has 4 rings (SSSR count). The van der Waals surface area contributed by atoms with Gasteiger partial charge in [-0.15, -0.1) is 0 Å². The first-order valence-electron chi connectivity index (χ1n) is 10.9. The number of hydrogen-bond donors (Lipinski definition) is 2. The molecule has 0 unspecified atom stereocenters. The number of carbonyl (C=O) groups is 2. The summed E-state index contributed by atoms with van der Waals surface area (Å²) in [4.78, 5) is 30.2. The van der Waals surface area contributed by atoms with Gasteiger partial charge in [-0.3, -0.25) is 14.3 Å². The van der Waals surface area contributed by atoms with Crippen LogP contribution in [-0.2, 0) is 17.5 Å². The highest BCUT2D eigenvalue weighted by atomic mass is 19.4. The lowest BCUT2D eigenvalue weighted by Gasteiger charge is -2.33. The van der Waals surface area contributed by atoms with Crippen LogP contribution in [0.3, 0.4) is 0 Å². The molecule has 180 valence electrons. The summed E-state index contributed by atoms with van der Waals surface area (Å²) >= 11 is 0. The molecule has 1 aromatic carbocycles. The van der Waals surface area contributed by atoms with E-state index in [0.717, 1.165) is 25.0 Å². The summed E-state index contributed by atoms with van der Waals surface area (Å²) in [5.74, 6) is -0.634. The van der Waals surface area contributed by atoms with Crippen LogP contribution in [0.5, 0.6) is 0 Å². The van der Waals surface area contributed by atoms with E-state index in [-0.39, 0.29) is 30.2 Å². The van der Waals surface area contributed by atoms with Gasteiger partial charge in [0.2, 0.25) is 5.91 Å². The molecule has 2 aromatic heterocycles. The van der Waals surface area contributed by atoms with Gasteiger partial charge in [0.25, 0.3) is 5.91 Å². The van der Waals surface area contributed by atoms with Crippen molar-refractivity contribution in [1.29, 1.82) is 0 Å². The maximum absolute atomic E-state index is 12.9. The number of likely N-dealkylation sites (tertiary alicyclic amines) is 1. The number of hydrogen-bond acceptors (Lipinski definition) is 5. The lowest BCUT2D eigenvalue weighted by atomic mass is 9.92. The minimum Gasteiger partial charge on any atom is -0.393 e. The Labute approximate surface area is 193 Å². The highest BCUT2D eigenvalue weighted by Crippen LogP contribution is 2.27. The molecule has 11 heteroatoms. The van der Waals surface area contributed by atoms with E-state index in [9.17, 15) is 27.9 Å². The number of pyridine rings is 1. The number of anilines is 1. The maximum atomic E-state index is 12.9. The first-order chi connectivity index (χ1) is 16.1. The van der Waals surface area contributed by atoms with E-state index in [1.165, 1.54) is 10.7 Å². The lowest BCUT2D eigenvalue weighted by molar-refractivity contribution is -0.141. The smallest absolute Gasteiger partial charge is 0.393 e. The number of amides is 2. The second-order valence-electron chi connectivity index (χ2n) is 8.42. The van der Waals surface area contributed by atoms with Crippen molar-refractivity contribution in [2.24, 2.45) is 5.92 Å². The molecule has 3 aromatic rings. The van der Waals surface area contributed by atoms with Crippen LogP contribution in [0.1, 0.15) is 35.9 Å². The Morgan fingerprint density at radius 1 is 1.21 bits per heavy atom. The second kappa shape index (κ2) is 9.41. The number of alkyl halides is 3. The van der Waals surface area contributed by atoms with Crippen LogP contribution >= 0.6 is 0 Å². The fourth-order valence-corrected chi connectivity index (χ4v) is 4.02. The number of rotatable bonds is 5. The molecule has 0 radical (unpaired) electrons. The number of halogens is 3. The van der Waals surface area contributed by atoms with Crippen molar-refractivity contribution < 1.29 is 27.9 Å². The molecule has 1 aliphatic rings. The zero-order valence-electron chi connectivity index (χ0n) is 18.4. The summed E-state index contributed by atoms with van der Waals surface area (Å²) in [5.41, 5.74) is -0.522. The summed E-state index contributed by atoms with van der Waals surface area (Å²) in [7, 11) is 0. The predicted octanol–water partition coefficient (Wildman–Crippen LogP) is 3.32. The van der Waals surface area contributed by atoms with Crippen molar-refractivity contribution in [1.82, 2.24) is 19.7 Å². The number of carbonyl (C=O) groups excluding carboxylic acids is 2. The van der Waals surface area contributed by atoms with Crippen LogP contribution in [0.2, 0.25) is 0 Å². The van der Waals surface area contributed by atoms with Gasteiger partial charge in [0.05, 0.1) is 11.6 Å². The monoisotopic (exact) mass is 475 g/mol. The summed E-state index contributed by atoms with van der Waals surface area (Å²) in [6, 6.07) is 7.99. The molecule has 3 heterocycles. The van der Waals surface area contributed by atoms with Crippen molar-refractivity contribution in [3.05, 3.63) is 54.0 Å². The molecule has 34 heavy (non-hydrogen) atoms. The Bertz CT molecular complexity index is 1200. The topological polar surface area (TPSA) is 100 Å². The molecule has 2 amide bonds. The van der Waals surface area contributed by atoms with Crippen molar-refractivity contribution in [2.75, 3.05) is 18.4 Å². The van der Waals surface area contributed by atoms with Crippen LogP contribution in [0, 0.1) is 5.92 Å². The van der Waals surface area contributed by atoms with Gasteiger partial charge in [-0.2, -0.15) is 18.3 Å². The molecule has 0 aliphatic carbocycles. The average molecular weight is 475 g/mol. The van der Waals surface area contributed by atoms with Crippen LogP contribution < -0.4 is 5.32 Å². The summed E-state index contributed by atoms with van der Waals surface area (Å²) in [5, 5.41) is 17.3. The molecule has 1 atom stereocenters. The van der Waals surface area contributed by atoms with E-state index < -0.39 is 17.8 Å². The Balaban J connectivity index is 1.41. The van der Waals surface area contributed by atoms with E-state index in [1.807, 2.05) is 0 Å². The number of aliphatic hydroxyl groups is 1. The second-order valence-corrected chi connectivity index (χ2v) is 8.42. The quantitative estimate of drug-likeness (QED) is 0.590. The van der Waals surface area contributed by atoms with Gasteiger partial charge < -0.3 is 15.3 Å². The summed E-state index contributed by atoms with van der Waals surface area (Å²) in [6.45, 7) is 3.01. The first-order valence-corrected chi connectivity index (χ1v) is 10.9. The van der Waals surface area contributed by atoms with Crippen LogP contribution in [0.25, 0.3) is 10.9 Å². The Morgan fingerprint density at radius 3 is 2.62 bits per heavy atom. The van der Waals surface area contributed by atoms with Crippen LogP contribution in [-0.4, -0.2) is 55.8 Å². The molecule has 8 nitrogen and oxygen atoms in total. The van der Waals surface area contributed by atoms with Crippen molar-refractivity contribution in [3.8, 4) is 0 Å². The fourth-order valence-electron chi connectivity index (χ4n) is 4.02. The molecular formula is C23H24F3N5O3. The van der Waals surface area contributed by atoms with Crippen molar-refractivity contribution in [3.63, 3.8) is 0 Å². The van der Waals surface area contributed by atoms with Gasteiger partial charge in [-0.05, 0) is 56.0 Å². The number of nitrogens with one attached hydrogen (secondary N) is 1. The van der Waals surface area contributed by atoms with E-state index in [4.69, 9.17) is 0 Å². The molecule has 0 spiro atoms. The van der Waals surface area contributed by atoms with Gasteiger partial charge in [0, 0.05) is 30.4 Å². The van der Waals surface area contributed by atoms with Gasteiger partial charge in [-0.1, -0.05) is 6.07 Å². The van der Waals surface area contributed by atoms with Gasteiger partial charge in [0.1, 0.15) is 17.9 Å². The highest BCUT2D eigenvalue weighted by Gasteiger charge is 2.33. The Morgan fingerprint density at radius 2 is 1.94 bits per heavy atom. The molecule has 0 saturated carbocycles. The molecule has 1 fully saturated rings.